The Balaban J connectivity index is 1.98. The molecule has 0 atom stereocenters. The van der Waals surface area contributed by atoms with Crippen molar-refractivity contribution in [1.29, 1.82) is 0 Å². The minimum Gasteiger partial charge on any atom is -0.380 e. The molecule has 1 N–H and O–H groups in total. The molecule has 0 spiro atoms. The molecule has 0 aliphatic carbocycles. The van der Waals surface area contributed by atoms with Crippen LogP contribution in [0.3, 0.4) is 0 Å². The molecule has 2 fully saturated rings. The first kappa shape index (κ1) is 14.3. The molecule has 3 heteroatoms. The summed E-state index contributed by atoms with van der Waals surface area (Å²) in [5.41, 5.74) is 0.763. The molecule has 2 aliphatic heterocycles. The van der Waals surface area contributed by atoms with Crippen molar-refractivity contribution in [2.45, 2.75) is 34.1 Å². The first-order chi connectivity index (χ1) is 8.45. The Kier molecular flexibility index (Phi) is 4.35. The standard InChI is InChI=1S/C15H30N2O/c1-13(2)9-15(11-18-12-15)14(3,4)10-17-7-5-16-6-8-17/h13,16H,5-12H2,1-4H3. The van der Waals surface area contributed by atoms with Crippen LogP contribution in [0, 0.1) is 16.7 Å². The Morgan fingerprint density at radius 2 is 1.83 bits per heavy atom. The molecule has 2 saturated heterocycles. The largest absolute Gasteiger partial charge is 0.380 e. The highest BCUT2D eigenvalue weighted by molar-refractivity contribution is 4.99. The molecule has 3 nitrogen and oxygen atoms in total. The van der Waals surface area contributed by atoms with Crippen LogP contribution in [0.25, 0.3) is 0 Å². The Labute approximate surface area is 112 Å². The third-order valence-electron chi connectivity index (χ3n) is 4.82. The Bertz CT molecular complexity index is 266. The van der Waals surface area contributed by atoms with E-state index in [9.17, 15) is 0 Å². The lowest BCUT2D eigenvalue weighted by Gasteiger charge is -2.55. The van der Waals surface area contributed by atoms with Gasteiger partial charge in [-0.2, -0.15) is 0 Å². The van der Waals surface area contributed by atoms with Crippen LogP contribution in [-0.2, 0) is 4.74 Å². The van der Waals surface area contributed by atoms with Crippen molar-refractivity contribution in [2.75, 3.05) is 45.9 Å². The predicted molar refractivity (Wildman–Crippen MR) is 75.8 cm³/mol. The van der Waals surface area contributed by atoms with Crippen molar-refractivity contribution >= 4 is 0 Å². The summed E-state index contributed by atoms with van der Waals surface area (Å²) in [6.45, 7) is 17.4. The van der Waals surface area contributed by atoms with E-state index in [1.165, 1.54) is 26.1 Å². The SMILES string of the molecule is CC(C)CC1(C(C)(C)CN2CCNCC2)COC1. The van der Waals surface area contributed by atoms with E-state index < -0.39 is 0 Å². The van der Waals surface area contributed by atoms with E-state index in [2.05, 4.69) is 37.9 Å². The van der Waals surface area contributed by atoms with Gasteiger partial charge in [0.05, 0.1) is 13.2 Å². The molecule has 18 heavy (non-hydrogen) atoms. The molecule has 2 heterocycles. The van der Waals surface area contributed by atoms with Crippen LogP contribution in [0.15, 0.2) is 0 Å². The highest BCUT2D eigenvalue weighted by atomic mass is 16.5. The van der Waals surface area contributed by atoms with Crippen LogP contribution in [-0.4, -0.2) is 50.8 Å². The second-order valence-corrected chi connectivity index (χ2v) is 7.28. The van der Waals surface area contributed by atoms with Crippen molar-refractivity contribution in [3.63, 3.8) is 0 Å². The molecule has 106 valence electrons. The molecule has 0 saturated carbocycles. The van der Waals surface area contributed by atoms with Crippen LogP contribution in [0.5, 0.6) is 0 Å². The van der Waals surface area contributed by atoms with Gasteiger partial charge >= 0.3 is 0 Å². The molecule has 0 aromatic heterocycles. The monoisotopic (exact) mass is 254 g/mol. The fourth-order valence-corrected chi connectivity index (χ4v) is 3.51. The van der Waals surface area contributed by atoms with Gasteiger partial charge in [-0.25, -0.2) is 0 Å². The van der Waals surface area contributed by atoms with Gasteiger partial charge in [0.1, 0.15) is 0 Å². The lowest BCUT2D eigenvalue weighted by molar-refractivity contribution is -0.190. The number of hydrogen-bond acceptors (Lipinski definition) is 3. The minimum atomic E-state index is 0.354. The highest BCUT2D eigenvalue weighted by Gasteiger charge is 2.51. The number of ether oxygens (including phenoxy) is 1. The number of nitrogens with one attached hydrogen (secondary N) is 1. The zero-order valence-corrected chi connectivity index (χ0v) is 12.6. The average molecular weight is 254 g/mol. The Morgan fingerprint density at radius 3 is 2.28 bits per heavy atom. The van der Waals surface area contributed by atoms with Crippen molar-refractivity contribution in [1.82, 2.24) is 10.2 Å². The fourth-order valence-electron chi connectivity index (χ4n) is 3.51. The molecule has 0 aromatic carbocycles. The molecule has 2 rings (SSSR count). The lowest BCUT2D eigenvalue weighted by atomic mass is 9.60. The zero-order chi connectivity index (χ0) is 13.2. The maximum Gasteiger partial charge on any atom is 0.0550 e. The normalized spacial score (nSPS) is 25.2. The number of piperazine rings is 1. The van der Waals surface area contributed by atoms with E-state index >= 15 is 0 Å². The summed E-state index contributed by atoms with van der Waals surface area (Å²) in [6.07, 6.45) is 1.30. The first-order valence-corrected chi connectivity index (χ1v) is 7.46. The third-order valence-corrected chi connectivity index (χ3v) is 4.82. The third kappa shape index (κ3) is 2.89. The summed E-state index contributed by atoms with van der Waals surface area (Å²) in [5, 5.41) is 3.43. The first-order valence-electron chi connectivity index (χ1n) is 7.46. The second-order valence-electron chi connectivity index (χ2n) is 7.28. The Hall–Kier alpha value is -0.120. The zero-order valence-electron chi connectivity index (χ0n) is 12.6. The van der Waals surface area contributed by atoms with Gasteiger partial charge in [0.15, 0.2) is 0 Å². The van der Waals surface area contributed by atoms with Crippen molar-refractivity contribution in [3.8, 4) is 0 Å². The van der Waals surface area contributed by atoms with Crippen molar-refractivity contribution < 1.29 is 4.74 Å². The van der Waals surface area contributed by atoms with Gasteiger partial charge in [0, 0.05) is 38.1 Å². The van der Waals surface area contributed by atoms with Gasteiger partial charge < -0.3 is 15.0 Å². The predicted octanol–water partition coefficient (Wildman–Crippen LogP) is 1.98. The minimum absolute atomic E-state index is 0.354. The number of rotatable bonds is 5. The molecule has 0 unspecified atom stereocenters. The van der Waals surface area contributed by atoms with Crippen LogP contribution in [0.2, 0.25) is 0 Å². The summed E-state index contributed by atoms with van der Waals surface area (Å²) in [5.74, 6) is 0.760. The quantitative estimate of drug-likeness (QED) is 0.812. The molecular weight excluding hydrogens is 224 g/mol. The van der Waals surface area contributed by atoms with Gasteiger partial charge in [0.2, 0.25) is 0 Å². The average Bonchev–Trinajstić information content (AvgIpc) is 2.23. The summed E-state index contributed by atoms with van der Waals surface area (Å²) in [4.78, 5) is 2.62. The number of hydrogen-bond donors (Lipinski definition) is 1. The highest BCUT2D eigenvalue weighted by Crippen LogP contribution is 2.49. The van der Waals surface area contributed by atoms with Crippen LogP contribution in [0.1, 0.15) is 34.1 Å². The summed E-state index contributed by atoms with van der Waals surface area (Å²) >= 11 is 0. The van der Waals surface area contributed by atoms with E-state index in [4.69, 9.17) is 4.74 Å². The summed E-state index contributed by atoms with van der Waals surface area (Å²) in [7, 11) is 0. The smallest absolute Gasteiger partial charge is 0.0550 e. The molecular formula is C15H30N2O. The van der Waals surface area contributed by atoms with Gasteiger partial charge in [-0.1, -0.05) is 27.7 Å². The molecule has 0 aromatic rings. The summed E-state index contributed by atoms with van der Waals surface area (Å²) in [6, 6.07) is 0. The number of nitrogens with zero attached hydrogens (tertiary/aromatic N) is 1. The topological polar surface area (TPSA) is 24.5 Å². The van der Waals surface area contributed by atoms with Crippen LogP contribution >= 0.6 is 0 Å². The maximum atomic E-state index is 5.58. The Morgan fingerprint density at radius 1 is 1.22 bits per heavy atom. The van der Waals surface area contributed by atoms with E-state index in [-0.39, 0.29) is 0 Å². The van der Waals surface area contributed by atoms with Crippen LogP contribution < -0.4 is 5.32 Å². The van der Waals surface area contributed by atoms with E-state index in [0.717, 1.165) is 32.2 Å². The second kappa shape index (κ2) is 5.48. The lowest BCUT2D eigenvalue weighted by Crippen LogP contribution is -2.58. The van der Waals surface area contributed by atoms with E-state index in [0.29, 0.717) is 10.8 Å². The maximum absolute atomic E-state index is 5.58. The van der Waals surface area contributed by atoms with Gasteiger partial charge in [-0.15, -0.1) is 0 Å². The summed E-state index contributed by atoms with van der Waals surface area (Å²) < 4.78 is 5.58. The molecule has 0 radical (unpaired) electrons. The van der Waals surface area contributed by atoms with Gasteiger partial charge in [0.25, 0.3) is 0 Å². The molecule has 0 bridgehead atoms. The van der Waals surface area contributed by atoms with E-state index in [1.54, 1.807) is 0 Å². The fraction of sp³-hybridized carbons (Fsp3) is 1.00. The van der Waals surface area contributed by atoms with Crippen molar-refractivity contribution in [3.05, 3.63) is 0 Å². The molecule has 2 aliphatic rings. The van der Waals surface area contributed by atoms with E-state index in [1.807, 2.05) is 0 Å². The van der Waals surface area contributed by atoms with Gasteiger partial charge in [-0.05, 0) is 17.8 Å². The van der Waals surface area contributed by atoms with Crippen molar-refractivity contribution in [2.24, 2.45) is 16.7 Å². The molecule has 0 amide bonds. The van der Waals surface area contributed by atoms with Crippen LogP contribution in [0.4, 0.5) is 0 Å². The van der Waals surface area contributed by atoms with Gasteiger partial charge in [-0.3, -0.25) is 0 Å².